The first-order valence-corrected chi connectivity index (χ1v) is 6.45. The van der Waals surface area contributed by atoms with Crippen LogP contribution in [0.15, 0.2) is 29.2 Å². The third kappa shape index (κ3) is 3.88. The van der Waals surface area contributed by atoms with Crippen molar-refractivity contribution in [2.45, 2.75) is 37.0 Å². The molecule has 3 heteroatoms. The van der Waals surface area contributed by atoms with Crippen LogP contribution >= 0.6 is 11.8 Å². The summed E-state index contributed by atoms with van der Waals surface area (Å²) in [5.41, 5.74) is 1.27. The minimum atomic E-state index is 0.00434. The van der Waals surface area contributed by atoms with E-state index < -0.39 is 0 Å². The first kappa shape index (κ1) is 13.1. The van der Waals surface area contributed by atoms with Crippen LogP contribution in [0.3, 0.4) is 0 Å². The summed E-state index contributed by atoms with van der Waals surface area (Å²) in [5, 5.41) is 12.2. The maximum Gasteiger partial charge on any atom is 0.0935 e. The minimum absolute atomic E-state index is 0.00434. The zero-order valence-electron chi connectivity index (χ0n) is 10.0. The van der Waals surface area contributed by atoms with E-state index in [4.69, 9.17) is 5.26 Å². The summed E-state index contributed by atoms with van der Waals surface area (Å²) < 4.78 is 0. The molecule has 0 aliphatic heterocycles. The fourth-order valence-electron chi connectivity index (χ4n) is 1.51. The molecular weight excluding hydrogens is 216 g/mol. The van der Waals surface area contributed by atoms with Gasteiger partial charge in [0.15, 0.2) is 0 Å². The van der Waals surface area contributed by atoms with Crippen LogP contribution in [0.2, 0.25) is 0 Å². The first-order valence-electron chi connectivity index (χ1n) is 5.57. The van der Waals surface area contributed by atoms with Crippen LogP contribution < -0.4 is 5.32 Å². The van der Waals surface area contributed by atoms with Gasteiger partial charge in [-0.1, -0.05) is 19.1 Å². The van der Waals surface area contributed by atoms with Gasteiger partial charge >= 0.3 is 0 Å². The Bertz CT molecular complexity index is 370. The van der Waals surface area contributed by atoms with Crippen LogP contribution in [-0.4, -0.2) is 11.8 Å². The monoisotopic (exact) mass is 234 g/mol. The van der Waals surface area contributed by atoms with E-state index in [0.29, 0.717) is 6.04 Å². The van der Waals surface area contributed by atoms with E-state index in [1.165, 1.54) is 5.56 Å². The quantitative estimate of drug-likeness (QED) is 0.794. The number of nitrogens with zero attached hydrogens (tertiary/aromatic N) is 1. The van der Waals surface area contributed by atoms with Crippen LogP contribution in [0.25, 0.3) is 0 Å². The highest BCUT2D eigenvalue weighted by atomic mass is 32.2. The number of benzene rings is 1. The van der Waals surface area contributed by atoms with Gasteiger partial charge in [-0.05, 0) is 38.1 Å². The number of hydrogen-bond acceptors (Lipinski definition) is 3. The summed E-state index contributed by atoms with van der Waals surface area (Å²) in [6.45, 7) is 7.14. The van der Waals surface area contributed by atoms with E-state index >= 15 is 0 Å². The van der Waals surface area contributed by atoms with Gasteiger partial charge in [0.1, 0.15) is 0 Å². The Labute approximate surface area is 102 Å². The van der Waals surface area contributed by atoms with Crippen molar-refractivity contribution < 1.29 is 0 Å². The van der Waals surface area contributed by atoms with Crippen LogP contribution in [0, 0.1) is 11.3 Å². The summed E-state index contributed by atoms with van der Waals surface area (Å²) in [6.07, 6.45) is 0. The number of rotatable bonds is 5. The average Bonchev–Trinajstić information content (AvgIpc) is 2.29. The molecular formula is C13H18N2S. The molecule has 16 heavy (non-hydrogen) atoms. The number of thioether (sulfide) groups is 1. The Morgan fingerprint density at radius 1 is 1.44 bits per heavy atom. The van der Waals surface area contributed by atoms with E-state index in [1.54, 1.807) is 11.8 Å². The summed E-state index contributed by atoms with van der Waals surface area (Å²) in [4.78, 5) is 1.16. The normalized spacial score (nSPS) is 14.1. The van der Waals surface area contributed by atoms with Gasteiger partial charge in [0.05, 0.1) is 11.3 Å². The van der Waals surface area contributed by atoms with Gasteiger partial charge in [-0.2, -0.15) is 5.26 Å². The first-order chi connectivity index (χ1) is 7.67. The van der Waals surface area contributed by atoms with E-state index in [-0.39, 0.29) is 5.25 Å². The Kier molecular flexibility index (Phi) is 5.37. The number of hydrogen-bond donors (Lipinski definition) is 1. The molecule has 0 fully saturated rings. The van der Waals surface area contributed by atoms with E-state index in [2.05, 4.69) is 49.5 Å². The number of nitrogens with one attached hydrogen (secondary N) is 1. The van der Waals surface area contributed by atoms with Crippen molar-refractivity contribution in [2.24, 2.45) is 0 Å². The maximum atomic E-state index is 8.78. The van der Waals surface area contributed by atoms with Gasteiger partial charge < -0.3 is 5.32 Å². The molecule has 0 aromatic heterocycles. The Morgan fingerprint density at radius 3 is 2.81 bits per heavy atom. The highest BCUT2D eigenvalue weighted by molar-refractivity contribution is 8.00. The predicted octanol–water partition coefficient (Wildman–Crippen LogP) is 3.36. The fraction of sp³-hybridized carbons (Fsp3) is 0.462. The van der Waals surface area contributed by atoms with Crippen molar-refractivity contribution in [3.63, 3.8) is 0 Å². The molecule has 2 nitrogen and oxygen atoms in total. The molecule has 0 spiro atoms. The molecule has 0 aliphatic rings. The number of nitriles is 1. The molecule has 0 bridgehead atoms. The summed E-state index contributed by atoms with van der Waals surface area (Å²) in [6, 6.07) is 11.0. The van der Waals surface area contributed by atoms with Crippen molar-refractivity contribution in [1.29, 1.82) is 5.26 Å². The van der Waals surface area contributed by atoms with Gasteiger partial charge in [-0.3, -0.25) is 0 Å². The second kappa shape index (κ2) is 6.57. The lowest BCUT2D eigenvalue weighted by atomic mass is 10.1. The average molecular weight is 234 g/mol. The minimum Gasteiger partial charge on any atom is -0.310 e. The van der Waals surface area contributed by atoms with Crippen molar-refractivity contribution >= 4 is 11.8 Å². The van der Waals surface area contributed by atoms with Crippen LogP contribution in [0.1, 0.15) is 32.4 Å². The Balaban J connectivity index is 2.75. The SMILES string of the molecule is CCNC(C)c1cccc(SC(C)C#N)c1. The fourth-order valence-corrected chi connectivity index (χ4v) is 2.33. The predicted molar refractivity (Wildman–Crippen MR) is 69.5 cm³/mol. The standard InChI is InChI=1S/C13H18N2S/c1-4-15-11(3)12-6-5-7-13(8-12)16-10(2)9-14/h5-8,10-11,15H,4H2,1-3H3. The third-order valence-electron chi connectivity index (χ3n) is 2.36. The maximum absolute atomic E-state index is 8.78. The lowest BCUT2D eigenvalue weighted by Crippen LogP contribution is -2.17. The van der Waals surface area contributed by atoms with Crippen LogP contribution in [0.4, 0.5) is 0 Å². The summed E-state index contributed by atoms with van der Waals surface area (Å²) >= 11 is 1.60. The third-order valence-corrected chi connectivity index (χ3v) is 3.35. The summed E-state index contributed by atoms with van der Waals surface area (Å²) in [7, 11) is 0. The van der Waals surface area contributed by atoms with Gasteiger partial charge in [0.25, 0.3) is 0 Å². The van der Waals surface area contributed by atoms with Gasteiger partial charge in [-0.25, -0.2) is 0 Å². The lowest BCUT2D eigenvalue weighted by Gasteiger charge is -2.14. The molecule has 0 amide bonds. The van der Waals surface area contributed by atoms with Crippen LogP contribution in [0.5, 0.6) is 0 Å². The molecule has 1 N–H and O–H groups in total. The van der Waals surface area contributed by atoms with E-state index in [1.807, 2.05) is 6.92 Å². The molecule has 1 rings (SSSR count). The van der Waals surface area contributed by atoms with Crippen molar-refractivity contribution in [3.8, 4) is 6.07 Å². The zero-order chi connectivity index (χ0) is 12.0. The van der Waals surface area contributed by atoms with Gasteiger partial charge in [0.2, 0.25) is 0 Å². The summed E-state index contributed by atoms with van der Waals surface area (Å²) in [5.74, 6) is 0. The highest BCUT2D eigenvalue weighted by Gasteiger charge is 2.06. The second-order valence-corrected chi connectivity index (χ2v) is 5.16. The molecule has 2 unspecified atom stereocenters. The van der Waals surface area contributed by atoms with E-state index in [0.717, 1.165) is 11.4 Å². The molecule has 86 valence electrons. The smallest absolute Gasteiger partial charge is 0.0935 e. The van der Waals surface area contributed by atoms with Crippen LogP contribution in [-0.2, 0) is 0 Å². The molecule has 1 aromatic rings. The second-order valence-electron chi connectivity index (χ2n) is 3.74. The molecule has 0 saturated heterocycles. The zero-order valence-corrected chi connectivity index (χ0v) is 10.8. The molecule has 2 atom stereocenters. The Hall–Kier alpha value is -0.980. The highest BCUT2D eigenvalue weighted by Crippen LogP contribution is 2.25. The Morgan fingerprint density at radius 2 is 2.19 bits per heavy atom. The van der Waals surface area contributed by atoms with Crippen molar-refractivity contribution in [1.82, 2.24) is 5.32 Å². The molecule has 0 aliphatic carbocycles. The molecule has 0 saturated carbocycles. The molecule has 1 aromatic carbocycles. The van der Waals surface area contributed by atoms with Gasteiger partial charge in [0, 0.05) is 10.9 Å². The van der Waals surface area contributed by atoms with Crippen molar-refractivity contribution in [2.75, 3.05) is 6.54 Å². The lowest BCUT2D eigenvalue weighted by molar-refractivity contribution is 0.597. The largest absolute Gasteiger partial charge is 0.310 e. The van der Waals surface area contributed by atoms with Gasteiger partial charge in [-0.15, -0.1) is 11.8 Å². The topological polar surface area (TPSA) is 35.8 Å². The van der Waals surface area contributed by atoms with Crippen molar-refractivity contribution in [3.05, 3.63) is 29.8 Å². The van der Waals surface area contributed by atoms with E-state index in [9.17, 15) is 0 Å². The molecule has 0 heterocycles. The molecule has 0 radical (unpaired) electrons.